The van der Waals surface area contributed by atoms with Gasteiger partial charge in [-0.3, -0.25) is 9.59 Å². The first kappa shape index (κ1) is 14.6. The van der Waals surface area contributed by atoms with Crippen LogP contribution in [0.4, 0.5) is 0 Å². The lowest BCUT2D eigenvalue weighted by atomic mass is 9.67. The molecule has 0 spiro atoms. The second-order valence-corrected chi connectivity index (χ2v) is 6.94. The first-order valence-electron chi connectivity index (χ1n) is 7.98. The molecule has 2 aliphatic rings. The van der Waals surface area contributed by atoms with Crippen molar-refractivity contribution >= 4 is 34.6 Å². The Morgan fingerprint density at radius 1 is 1.22 bits per heavy atom. The zero-order chi connectivity index (χ0) is 15.9. The number of rotatable bonds is 5. The highest BCUT2D eigenvalue weighted by molar-refractivity contribution is 7.00. The maximum atomic E-state index is 12.6. The first-order valence-corrected chi connectivity index (χ1v) is 8.71. The summed E-state index contributed by atoms with van der Waals surface area (Å²) in [5.41, 5.74) is 1.73. The van der Waals surface area contributed by atoms with Gasteiger partial charge in [-0.1, -0.05) is 18.6 Å². The van der Waals surface area contributed by atoms with Crippen molar-refractivity contribution in [2.75, 3.05) is 0 Å². The molecule has 120 valence electrons. The molecule has 2 N–H and O–H groups in total. The van der Waals surface area contributed by atoms with Crippen molar-refractivity contribution in [1.29, 1.82) is 0 Å². The van der Waals surface area contributed by atoms with E-state index >= 15 is 0 Å². The molecular formula is C16H18N4O2S. The van der Waals surface area contributed by atoms with Gasteiger partial charge in [-0.2, -0.15) is 8.75 Å². The normalized spacial score (nSPS) is 19.1. The number of hydrogen-bond acceptors (Lipinski definition) is 5. The van der Waals surface area contributed by atoms with E-state index in [0.29, 0.717) is 19.4 Å². The molecule has 2 aliphatic carbocycles. The van der Waals surface area contributed by atoms with Crippen molar-refractivity contribution in [2.24, 2.45) is 5.41 Å². The van der Waals surface area contributed by atoms with Gasteiger partial charge in [0.25, 0.3) is 0 Å². The summed E-state index contributed by atoms with van der Waals surface area (Å²) in [6.45, 7) is 0.375. The van der Waals surface area contributed by atoms with E-state index in [1.54, 1.807) is 0 Å². The highest BCUT2D eigenvalue weighted by Crippen LogP contribution is 2.42. The third kappa shape index (κ3) is 2.59. The monoisotopic (exact) mass is 330 g/mol. The fourth-order valence-corrected chi connectivity index (χ4v) is 3.56. The van der Waals surface area contributed by atoms with Crippen LogP contribution in [0.3, 0.4) is 0 Å². The number of aromatic nitrogens is 2. The van der Waals surface area contributed by atoms with Crippen LogP contribution in [-0.2, 0) is 16.1 Å². The van der Waals surface area contributed by atoms with E-state index in [2.05, 4.69) is 19.4 Å². The molecule has 2 amide bonds. The first-order chi connectivity index (χ1) is 11.2. The quantitative estimate of drug-likeness (QED) is 0.818. The third-order valence-electron chi connectivity index (χ3n) is 4.80. The zero-order valence-corrected chi connectivity index (χ0v) is 13.5. The van der Waals surface area contributed by atoms with E-state index in [0.717, 1.165) is 47.6 Å². The summed E-state index contributed by atoms with van der Waals surface area (Å²) < 4.78 is 8.48. The second kappa shape index (κ2) is 5.56. The fraction of sp³-hybridized carbons (Fsp3) is 0.500. The summed E-state index contributed by atoms with van der Waals surface area (Å²) in [6.07, 6.45) is 4.27. The molecule has 1 heterocycles. The number of carbonyl (C=O) groups is 2. The van der Waals surface area contributed by atoms with Gasteiger partial charge >= 0.3 is 0 Å². The number of carbonyl (C=O) groups excluding carboxylic acids is 2. The van der Waals surface area contributed by atoms with E-state index < -0.39 is 5.41 Å². The van der Waals surface area contributed by atoms with Crippen molar-refractivity contribution in [3.05, 3.63) is 23.8 Å². The number of nitrogens with one attached hydrogen (secondary N) is 2. The van der Waals surface area contributed by atoms with E-state index in [9.17, 15) is 9.59 Å². The SMILES string of the molecule is O=C(NCc1cccc2nsnc12)C1(C(=O)NC2CC2)CCC1. The van der Waals surface area contributed by atoms with Crippen molar-refractivity contribution < 1.29 is 9.59 Å². The van der Waals surface area contributed by atoms with Crippen molar-refractivity contribution in [3.8, 4) is 0 Å². The molecule has 0 unspecified atom stereocenters. The molecular weight excluding hydrogens is 312 g/mol. The molecule has 23 heavy (non-hydrogen) atoms. The Morgan fingerprint density at radius 2 is 2.04 bits per heavy atom. The van der Waals surface area contributed by atoms with E-state index in [4.69, 9.17) is 0 Å². The highest BCUT2D eigenvalue weighted by Gasteiger charge is 2.51. The van der Waals surface area contributed by atoms with Crippen molar-refractivity contribution in [3.63, 3.8) is 0 Å². The van der Waals surface area contributed by atoms with Gasteiger partial charge in [0.2, 0.25) is 11.8 Å². The summed E-state index contributed by atoms with van der Waals surface area (Å²) >= 11 is 1.16. The minimum atomic E-state index is -0.864. The predicted molar refractivity (Wildman–Crippen MR) is 86.7 cm³/mol. The molecule has 0 radical (unpaired) electrons. The fourth-order valence-electron chi connectivity index (χ4n) is 2.99. The molecule has 2 aromatic rings. The lowest BCUT2D eigenvalue weighted by molar-refractivity contribution is -0.149. The number of fused-ring (bicyclic) bond motifs is 1. The van der Waals surface area contributed by atoms with Crippen LogP contribution in [0.5, 0.6) is 0 Å². The van der Waals surface area contributed by atoms with Crippen LogP contribution in [0.2, 0.25) is 0 Å². The van der Waals surface area contributed by atoms with Gasteiger partial charge in [0, 0.05) is 18.2 Å². The second-order valence-electron chi connectivity index (χ2n) is 6.42. The summed E-state index contributed by atoms with van der Waals surface area (Å²) in [5, 5.41) is 5.92. The Labute approximate surface area is 138 Å². The van der Waals surface area contributed by atoms with Crippen molar-refractivity contribution in [1.82, 2.24) is 19.4 Å². The van der Waals surface area contributed by atoms with Gasteiger partial charge in [-0.15, -0.1) is 0 Å². The lowest BCUT2D eigenvalue weighted by Gasteiger charge is -2.38. The minimum absolute atomic E-state index is 0.0997. The van der Waals surface area contributed by atoms with Crippen LogP contribution >= 0.6 is 11.7 Å². The number of amides is 2. The van der Waals surface area contributed by atoms with Crippen LogP contribution in [0.1, 0.15) is 37.7 Å². The summed E-state index contributed by atoms with van der Waals surface area (Å²) in [7, 11) is 0. The molecule has 2 saturated carbocycles. The Morgan fingerprint density at radius 3 is 2.74 bits per heavy atom. The van der Waals surface area contributed by atoms with E-state index in [1.807, 2.05) is 18.2 Å². The lowest BCUT2D eigenvalue weighted by Crippen LogP contribution is -2.55. The van der Waals surface area contributed by atoms with Gasteiger partial charge in [-0.25, -0.2) is 0 Å². The molecule has 6 nitrogen and oxygen atoms in total. The molecule has 0 saturated heterocycles. The predicted octanol–water partition coefficient (Wildman–Crippen LogP) is 1.76. The molecule has 0 aliphatic heterocycles. The average molecular weight is 330 g/mol. The molecule has 0 bridgehead atoms. The van der Waals surface area contributed by atoms with Crippen LogP contribution in [0.25, 0.3) is 11.0 Å². The number of hydrogen-bond donors (Lipinski definition) is 2. The van der Waals surface area contributed by atoms with Crippen LogP contribution < -0.4 is 10.6 Å². The topological polar surface area (TPSA) is 84.0 Å². The van der Waals surface area contributed by atoms with Crippen LogP contribution in [-0.4, -0.2) is 26.6 Å². The van der Waals surface area contributed by atoms with Gasteiger partial charge < -0.3 is 10.6 Å². The Kier molecular flexibility index (Phi) is 3.52. The maximum absolute atomic E-state index is 12.6. The van der Waals surface area contributed by atoms with E-state index in [1.165, 1.54) is 0 Å². The smallest absolute Gasteiger partial charge is 0.235 e. The molecule has 1 aromatic carbocycles. The molecule has 1 aromatic heterocycles. The third-order valence-corrected chi connectivity index (χ3v) is 5.34. The van der Waals surface area contributed by atoms with Gasteiger partial charge in [0.05, 0.1) is 11.7 Å². The zero-order valence-electron chi connectivity index (χ0n) is 12.7. The summed E-state index contributed by atoms with van der Waals surface area (Å²) in [5.74, 6) is -0.264. The maximum Gasteiger partial charge on any atom is 0.235 e. The largest absolute Gasteiger partial charge is 0.352 e. The van der Waals surface area contributed by atoms with Crippen LogP contribution in [0, 0.1) is 5.41 Å². The minimum Gasteiger partial charge on any atom is -0.352 e. The van der Waals surface area contributed by atoms with Crippen molar-refractivity contribution in [2.45, 2.75) is 44.7 Å². The number of nitrogens with zero attached hydrogens (tertiary/aromatic N) is 2. The summed E-state index contributed by atoms with van der Waals surface area (Å²) in [4.78, 5) is 25.1. The van der Waals surface area contributed by atoms with E-state index in [-0.39, 0.29) is 17.9 Å². The number of benzene rings is 1. The molecule has 4 rings (SSSR count). The standard InChI is InChI=1S/C16H18N4O2S/c21-14(16(7-2-8-16)15(22)18-11-5-6-11)17-9-10-3-1-4-12-13(10)20-23-19-12/h1,3-4,11H,2,5-9H2,(H,17,21)(H,18,22). The Hall–Kier alpha value is -2.02. The molecule has 2 fully saturated rings. The summed E-state index contributed by atoms with van der Waals surface area (Å²) in [6, 6.07) is 6.02. The van der Waals surface area contributed by atoms with Gasteiger partial charge in [0.15, 0.2) is 0 Å². The molecule has 7 heteroatoms. The van der Waals surface area contributed by atoms with Crippen LogP contribution in [0.15, 0.2) is 18.2 Å². The Bertz CT molecular complexity index is 764. The average Bonchev–Trinajstić information content (AvgIpc) is 3.16. The van der Waals surface area contributed by atoms with Gasteiger partial charge in [0.1, 0.15) is 16.4 Å². The molecule has 0 atom stereocenters. The highest BCUT2D eigenvalue weighted by atomic mass is 32.1. The van der Waals surface area contributed by atoms with Gasteiger partial charge in [-0.05, 0) is 31.7 Å². The Balaban J connectivity index is 1.46.